The number of amides is 1. The number of phenols is 1. The Hall–Kier alpha value is -1.51. The summed E-state index contributed by atoms with van der Waals surface area (Å²) in [5, 5.41) is 11.5. The summed E-state index contributed by atoms with van der Waals surface area (Å²) in [5.41, 5.74) is 0.319. The third kappa shape index (κ3) is 1.97. The minimum Gasteiger partial charge on any atom is -0.506 e. The minimum absolute atomic E-state index is 0.0303. The molecule has 0 atom stereocenters. The van der Waals surface area contributed by atoms with Crippen molar-refractivity contribution in [1.82, 2.24) is 0 Å². The average Bonchev–Trinajstić information content (AvgIpc) is 1.93. The molecule has 3 nitrogen and oxygen atoms in total. The number of para-hydroxylation sites is 1. The number of phenolic OH excluding ortho intramolecular Hbond substituents is 1. The molecule has 0 fully saturated rings. The first-order valence-corrected chi connectivity index (χ1v) is 3.17. The molecule has 1 radical (unpaired) electrons. The van der Waals surface area contributed by atoms with E-state index >= 15 is 0 Å². The number of hydrogen-bond donors (Lipinski definition) is 2. The maximum Gasteiger partial charge on any atom is 0.221 e. The molecule has 0 aliphatic carbocycles. The van der Waals surface area contributed by atoms with Gasteiger partial charge in [0.1, 0.15) is 5.75 Å². The average molecular weight is 150 g/mol. The Morgan fingerprint density at radius 2 is 2.45 bits per heavy atom. The predicted molar refractivity (Wildman–Crippen MR) is 41.2 cm³/mol. The van der Waals surface area contributed by atoms with E-state index in [9.17, 15) is 4.79 Å². The van der Waals surface area contributed by atoms with E-state index in [2.05, 4.69) is 11.4 Å². The monoisotopic (exact) mass is 150 g/mol. The van der Waals surface area contributed by atoms with Gasteiger partial charge in [0.2, 0.25) is 5.91 Å². The van der Waals surface area contributed by atoms with Crippen LogP contribution in [0, 0.1) is 6.07 Å². The molecule has 0 aromatic heterocycles. The van der Waals surface area contributed by atoms with E-state index < -0.39 is 0 Å². The van der Waals surface area contributed by atoms with Gasteiger partial charge in [0, 0.05) is 13.0 Å². The van der Waals surface area contributed by atoms with Gasteiger partial charge in [-0.25, -0.2) is 0 Å². The van der Waals surface area contributed by atoms with Crippen LogP contribution in [0.1, 0.15) is 6.92 Å². The summed E-state index contributed by atoms with van der Waals surface area (Å²) >= 11 is 0. The lowest BCUT2D eigenvalue weighted by Gasteiger charge is -2.01. The molecular weight excluding hydrogens is 142 g/mol. The quantitative estimate of drug-likeness (QED) is 0.590. The number of nitrogens with one attached hydrogen (secondary N) is 1. The van der Waals surface area contributed by atoms with Crippen LogP contribution in [0.4, 0.5) is 5.69 Å². The fraction of sp³-hybridized carbons (Fsp3) is 0.125. The summed E-state index contributed by atoms with van der Waals surface area (Å²) in [6, 6.07) is 7.43. The number of carbonyl (C=O) groups excluding carboxylic acids is 1. The van der Waals surface area contributed by atoms with Crippen LogP contribution in [0.2, 0.25) is 0 Å². The highest BCUT2D eigenvalue weighted by molar-refractivity contribution is 5.89. The molecule has 0 unspecified atom stereocenters. The van der Waals surface area contributed by atoms with Gasteiger partial charge in [-0.15, -0.1) is 0 Å². The first-order valence-electron chi connectivity index (χ1n) is 3.17. The van der Waals surface area contributed by atoms with Crippen molar-refractivity contribution in [3.63, 3.8) is 0 Å². The van der Waals surface area contributed by atoms with E-state index in [0.717, 1.165) is 0 Å². The molecule has 0 aliphatic heterocycles. The molecule has 57 valence electrons. The fourth-order valence-electron chi connectivity index (χ4n) is 0.704. The van der Waals surface area contributed by atoms with Crippen molar-refractivity contribution in [3.8, 4) is 5.75 Å². The molecular formula is C8H8NO2. The van der Waals surface area contributed by atoms with Crippen LogP contribution >= 0.6 is 0 Å². The summed E-state index contributed by atoms with van der Waals surface area (Å²) in [4.78, 5) is 10.5. The second-order valence-electron chi connectivity index (χ2n) is 2.11. The summed E-state index contributed by atoms with van der Waals surface area (Å²) in [6.07, 6.45) is 0. The Labute approximate surface area is 64.7 Å². The van der Waals surface area contributed by atoms with Crippen molar-refractivity contribution in [2.24, 2.45) is 0 Å². The maximum absolute atomic E-state index is 10.5. The Morgan fingerprint density at radius 3 is 3.00 bits per heavy atom. The van der Waals surface area contributed by atoms with Gasteiger partial charge in [-0.05, 0) is 6.07 Å². The van der Waals surface area contributed by atoms with E-state index in [-0.39, 0.29) is 11.7 Å². The van der Waals surface area contributed by atoms with Gasteiger partial charge in [0.05, 0.1) is 5.69 Å². The summed E-state index contributed by atoms with van der Waals surface area (Å²) in [7, 11) is 0. The van der Waals surface area contributed by atoms with Gasteiger partial charge in [0.15, 0.2) is 0 Å². The lowest BCUT2D eigenvalue weighted by atomic mass is 10.3. The number of benzene rings is 1. The second kappa shape index (κ2) is 3.05. The first kappa shape index (κ1) is 7.60. The molecule has 11 heavy (non-hydrogen) atoms. The van der Waals surface area contributed by atoms with Crippen LogP contribution in [-0.2, 0) is 4.79 Å². The van der Waals surface area contributed by atoms with Crippen LogP contribution in [0.25, 0.3) is 0 Å². The summed E-state index contributed by atoms with van der Waals surface area (Å²) < 4.78 is 0. The number of anilines is 1. The second-order valence-corrected chi connectivity index (χ2v) is 2.11. The minimum atomic E-state index is -0.220. The normalized spacial score (nSPS) is 9.18. The van der Waals surface area contributed by atoms with Crippen LogP contribution in [0.3, 0.4) is 0 Å². The zero-order chi connectivity index (χ0) is 8.27. The molecule has 1 amide bonds. The third-order valence-electron chi connectivity index (χ3n) is 1.14. The van der Waals surface area contributed by atoms with Crippen molar-refractivity contribution < 1.29 is 9.90 Å². The lowest BCUT2D eigenvalue weighted by Crippen LogP contribution is -2.05. The standard InChI is InChI=1S/C8H8NO2/c1-6(10)9-7-4-2-3-5-8(7)11/h2-3,5,11H,1H3,(H,9,10). The SMILES string of the molecule is CC(=O)Nc1[c]cccc1O. The largest absolute Gasteiger partial charge is 0.506 e. The Morgan fingerprint density at radius 1 is 1.73 bits per heavy atom. The highest BCUT2D eigenvalue weighted by atomic mass is 16.3. The number of hydrogen-bond acceptors (Lipinski definition) is 2. The van der Waals surface area contributed by atoms with Crippen LogP contribution < -0.4 is 5.32 Å². The van der Waals surface area contributed by atoms with Crippen LogP contribution in [0.5, 0.6) is 5.75 Å². The van der Waals surface area contributed by atoms with Gasteiger partial charge < -0.3 is 10.4 Å². The molecule has 1 aromatic carbocycles. The maximum atomic E-state index is 10.5. The van der Waals surface area contributed by atoms with Gasteiger partial charge in [-0.1, -0.05) is 12.1 Å². The van der Waals surface area contributed by atoms with Gasteiger partial charge >= 0.3 is 0 Å². The molecule has 3 heteroatoms. The van der Waals surface area contributed by atoms with E-state index in [0.29, 0.717) is 5.69 Å². The first-order chi connectivity index (χ1) is 5.20. The van der Waals surface area contributed by atoms with Crippen molar-refractivity contribution in [2.75, 3.05) is 5.32 Å². The highest BCUT2D eigenvalue weighted by Gasteiger charge is 1.99. The molecule has 0 aliphatic rings. The number of rotatable bonds is 1. The Kier molecular flexibility index (Phi) is 2.11. The number of carbonyl (C=O) groups is 1. The number of aromatic hydroxyl groups is 1. The summed E-state index contributed by atoms with van der Waals surface area (Å²) in [5.74, 6) is -0.189. The molecule has 0 bridgehead atoms. The Bertz CT molecular complexity index is 271. The summed E-state index contributed by atoms with van der Waals surface area (Å²) in [6.45, 7) is 1.38. The van der Waals surface area contributed by atoms with E-state index in [1.54, 1.807) is 12.1 Å². The van der Waals surface area contributed by atoms with E-state index in [4.69, 9.17) is 5.11 Å². The van der Waals surface area contributed by atoms with Crippen molar-refractivity contribution in [2.45, 2.75) is 6.92 Å². The topological polar surface area (TPSA) is 49.3 Å². The third-order valence-corrected chi connectivity index (χ3v) is 1.14. The van der Waals surface area contributed by atoms with E-state index in [1.165, 1.54) is 13.0 Å². The molecule has 1 aromatic rings. The van der Waals surface area contributed by atoms with Crippen LogP contribution in [0.15, 0.2) is 18.2 Å². The molecule has 0 saturated carbocycles. The predicted octanol–water partition coefficient (Wildman–Crippen LogP) is 1.15. The van der Waals surface area contributed by atoms with Gasteiger partial charge in [0.25, 0.3) is 0 Å². The van der Waals surface area contributed by atoms with Crippen molar-refractivity contribution in [3.05, 3.63) is 24.3 Å². The fourth-order valence-corrected chi connectivity index (χ4v) is 0.704. The van der Waals surface area contributed by atoms with Crippen LogP contribution in [-0.4, -0.2) is 11.0 Å². The molecule has 0 heterocycles. The zero-order valence-corrected chi connectivity index (χ0v) is 6.09. The lowest BCUT2D eigenvalue weighted by molar-refractivity contribution is -0.114. The van der Waals surface area contributed by atoms with Gasteiger partial charge in [-0.3, -0.25) is 4.79 Å². The Balaban J connectivity index is 2.86. The van der Waals surface area contributed by atoms with Crippen molar-refractivity contribution in [1.29, 1.82) is 0 Å². The highest BCUT2D eigenvalue weighted by Crippen LogP contribution is 2.20. The molecule has 0 spiro atoms. The molecule has 1 rings (SSSR count). The van der Waals surface area contributed by atoms with E-state index in [1.807, 2.05) is 0 Å². The van der Waals surface area contributed by atoms with Crippen molar-refractivity contribution >= 4 is 11.6 Å². The zero-order valence-electron chi connectivity index (χ0n) is 6.09. The molecule has 0 saturated heterocycles. The molecule has 2 N–H and O–H groups in total. The van der Waals surface area contributed by atoms with Gasteiger partial charge in [-0.2, -0.15) is 0 Å². The smallest absolute Gasteiger partial charge is 0.221 e.